The van der Waals surface area contributed by atoms with Crippen LogP contribution in [-0.2, 0) is 0 Å². The third kappa shape index (κ3) is 3.17. The lowest BCUT2D eigenvalue weighted by molar-refractivity contribution is 0.395. The highest BCUT2D eigenvalue weighted by atomic mass is 32.2. The summed E-state index contributed by atoms with van der Waals surface area (Å²) in [7, 11) is 1.74. The van der Waals surface area contributed by atoms with E-state index in [1.807, 2.05) is 12.1 Å². The summed E-state index contributed by atoms with van der Waals surface area (Å²) in [5.41, 5.74) is 1.25. The fourth-order valence-corrected chi connectivity index (χ4v) is 3.56. The summed E-state index contributed by atoms with van der Waals surface area (Å²) in [6.45, 7) is 4.52. The minimum Gasteiger partial charge on any atom is -0.496 e. The number of ether oxygens (including phenoxy) is 1. The first kappa shape index (κ1) is 12.8. The van der Waals surface area contributed by atoms with E-state index in [-0.39, 0.29) is 0 Å². The number of hydrogen-bond acceptors (Lipinski definition) is 3. The quantitative estimate of drug-likeness (QED) is 0.887. The van der Waals surface area contributed by atoms with Gasteiger partial charge in [0.2, 0.25) is 0 Å². The first-order valence-corrected chi connectivity index (χ1v) is 7.26. The fraction of sp³-hybridized carbons (Fsp3) is 0.571. The van der Waals surface area contributed by atoms with Gasteiger partial charge in [-0.3, -0.25) is 0 Å². The van der Waals surface area contributed by atoms with E-state index in [2.05, 4.69) is 43.1 Å². The molecule has 0 saturated carbocycles. The largest absolute Gasteiger partial charge is 0.496 e. The average Bonchev–Trinajstić information content (AvgIpc) is 2.74. The van der Waals surface area contributed by atoms with E-state index >= 15 is 0 Å². The van der Waals surface area contributed by atoms with Gasteiger partial charge in [-0.25, -0.2) is 0 Å². The molecule has 1 heterocycles. The van der Waals surface area contributed by atoms with Gasteiger partial charge in [0.05, 0.1) is 7.11 Å². The van der Waals surface area contributed by atoms with E-state index in [0.29, 0.717) is 12.1 Å². The summed E-state index contributed by atoms with van der Waals surface area (Å²) < 4.78 is 5.41. The van der Waals surface area contributed by atoms with Gasteiger partial charge in [0.1, 0.15) is 5.75 Å². The van der Waals surface area contributed by atoms with E-state index < -0.39 is 0 Å². The highest BCUT2D eigenvalue weighted by molar-refractivity contribution is 8.00. The second kappa shape index (κ2) is 5.78. The molecule has 94 valence electrons. The van der Waals surface area contributed by atoms with Crippen LogP contribution in [0.4, 0.5) is 0 Å². The molecule has 0 radical (unpaired) electrons. The Balaban J connectivity index is 2.01. The molecular weight excluding hydrogens is 230 g/mol. The van der Waals surface area contributed by atoms with E-state index in [1.54, 1.807) is 7.11 Å². The molecule has 0 bridgehead atoms. The van der Waals surface area contributed by atoms with Crippen LogP contribution in [0.5, 0.6) is 5.75 Å². The molecule has 0 aliphatic carbocycles. The summed E-state index contributed by atoms with van der Waals surface area (Å²) in [4.78, 5) is 0. The summed E-state index contributed by atoms with van der Waals surface area (Å²) in [6.07, 6.45) is 1.27. The summed E-state index contributed by atoms with van der Waals surface area (Å²) >= 11 is 2.06. The maximum absolute atomic E-state index is 5.41. The van der Waals surface area contributed by atoms with Crippen molar-refractivity contribution >= 4 is 11.8 Å². The third-order valence-electron chi connectivity index (χ3n) is 3.29. The molecule has 1 fully saturated rings. The molecule has 2 rings (SSSR count). The van der Waals surface area contributed by atoms with Crippen molar-refractivity contribution in [2.45, 2.75) is 37.6 Å². The van der Waals surface area contributed by atoms with Crippen LogP contribution >= 0.6 is 11.8 Å². The summed E-state index contributed by atoms with van der Waals surface area (Å²) in [6, 6.07) is 9.24. The molecular formula is C14H21NOS. The van der Waals surface area contributed by atoms with Crippen LogP contribution in [0.15, 0.2) is 24.3 Å². The second-order valence-electron chi connectivity index (χ2n) is 4.71. The molecule has 0 spiro atoms. The molecule has 3 atom stereocenters. The Bertz CT molecular complexity index is 369. The number of thioether (sulfide) groups is 1. The zero-order valence-corrected chi connectivity index (χ0v) is 11.6. The second-order valence-corrected chi connectivity index (χ2v) is 6.18. The van der Waals surface area contributed by atoms with E-state index in [9.17, 15) is 0 Å². The number of rotatable bonds is 4. The number of hydrogen-bond donors (Lipinski definition) is 1. The summed E-state index contributed by atoms with van der Waals surface area (Å²) in [5, 5.41) is 4.49. The van der Waals surface area contributed by atoms with Crippen molar-refractivity contribution in [1.29, 1.82) is 0 Å². The summed E-state index contributed by atoms with van der Waals surface area (Å²) in [5.74, 6) is 2.20. The van der Waals surface area contributed by atoms with Crippen LogP contribution in [0.2, 0.25) is 0 Å². The third-order valence-corrected chi connectivity index (χ3v) is 4.65. The van der Waals surface area contributed by atoms with Gasteiger partial charge in [-0.2, -0.15) is 11.8 Å². The lowest BCUT2D eigenvalue weighted by Gasteiger charge is -2.21. The smallest absolute Gasteiger partial charge is 0.123 e. The van der Waals surface area contributed by atoms with Crippen molar-refractivity contribution in [2.75, 3.05) is 12.9 Å². The molecule has 2 unspecified atom stereocenters. The highest BCUT2D eigenvalue weighted by Gasteiger charge is 2.23. The van der Waals surface area contributed by atoms with Gasteiger partial charge in [-0.1, -0.05) is 25.1 Å². The van der Waals surface area contributed by atoms with Crippen LogP contribution in [0.3, 0.4) is 0 Å². The Labute approximate surface area is 108 Å². The van der Waals surface area contributed by atoms with Gasteiger partial charge < -0.3 is 10.1 Å². The first-order valence-electron chi connectivity index (χ1n) is 6.21. The van der Waals surface area contributed by atoms with Gasteiger partial charge in [0, 0.05) is 28.6 Å². The van der Waals surface area contributed by atoms with Crippen LogP contribution in [0.25, 0.3) is 0 Å². The highest BCUT2D eigenvalue weighted by Crippen LogP contribution is 2.30. The monoisotopic (exact) mass is 251 g/mol. The topological polar surface area (TPSA) is 21.3 Å². The van der Waals surface area contributed by atoms with Crippen molar-refractivity contribution in [3.8, 4) is 5.75 Å². The molecule has 0 aromatic heterocycles. The van der Waals surface area contributed by atoms with E-state index in [1.165, 1.54) is 17.7 Å². The van der Waals surface area contributed by atoms with E-state index in [4.69, 9.17) is 4.74 Å². The fourth-order valence-electron chi connectivity index (χ4n) is 2.40. The normalized spacial score (nSPS) is 25.8. The molecule has 0 amide bonds. The minimum atomic E-state index is 0.349. The minimum absolute atomic E-state index is 0.349. The Kier molecular flexibility index (Phi) is 4.35. The van der Waals surface area contributed by atoms with Crippen LogP contribution in [0.1, 0.15) is 31.9 Å². The number of para-hydroxylation sites is 1. The van der Waals surface area contributed by atoms with Gasteiger partial charge in [0.25, 0.3) is 0 Å². The van der Waals surface area contributed by atoms with E-state index in [0.717, 1.165) is 11.0 Å². The van der Waals surface area contributed by atoms with Crippen molar-refractivity contribution in [2.24, 2.45) is 0 Å². The Morgan fingerprint density at radius 2 is 2.18 bits per heavy atom. The van der Waals surface area contributed by atoms with Gasteiger partial charge in [0.15, 0.2) is 0 Å². The standard InChI is InChI=1S/C14H21NOS/c1-10-8-12(9-17-10)15-11(2)13-6-4-5-7-14(13)16-3/h4-7,10-12,15H,8-9H2,1-3H3/t10?,11-,12?/m0/s1. The molecule has 1 aromatic rings. The molecule has 3 heteroatoms. The molecule has 1 saturated heterocycles. The lowest BCUT2D eigenvalue weighted by Crippen LogP contribution is -2.31. The maximum Gasteiger partial charge on any atom is 0.123 e. The SMILES string of the molecule is COc1ccccc1[C@H](C)NC1CSC(C)C1. The molecule has 2 nitrogen and oxygen atoms in total. The molecule has 1 aliphatic heterocycles. The average molecular weight is 251 g/mol. The van der Waals surface area contributed by atoms with Crippen molar-refractivity contribution in [3.63, 3.8) is 0 Å². The van der Waals surface area contributed by atoms with Crippen LogP contribution < -0.4 is 10.1 Å². The van der Waals surface area contributed by atoms with Crippen LogP contribution in [-0.4, -0.2) is 24.2 Å². The number of nitrogens with one attached hydrogen (secondary N) is 1. The van der Waals surface area contributed by atoms with Gasteiger partial charge in [-0.15, -0.1) is 0 Å². The van der Waals surface area contributed by atoms with Gasteiger partial charge >= 0.3 is 0 Å². The van der Waals surface area contributed by atoms with Crippen LogP contribution in [0, 0.1) is 0 Å². The Hall–Kier alpha value is -0.670. The predicted molar refractivity (Wildman–Crippen MR) is 74.9 cm³/mol. The van der Waals surface area contributed by atoms with Crippen molar-refractivity contribution < 1.29 is 4.74 Å². The molecule has 1 aliphatic rings. The molecule has 17 heavy (non-hydrogen) atoms. The number of methoxy groups -OCH3 is 1. The Morgan fingerprint density at radius 1 is 1.41 bits per heavy atom. The number of benzene rings is 1. The lowest BCUT2D eigenvalue weighted by atomic mass is 10.1. The predicted octanol–water partition coefficient (Wildman–Crippen LogP) is 3.24. The van der Waals surface area contributed by atoms with Crippen molar-refractivity contribution in [1.82, 2.24) is 5.32 Å². The Morgan fingerprint density at radius 3 is 2.82 bits per heavy atom. The molecule has 1 N–H and O–H groups in total. The van der Waals surface area contributed by atoms with Crippen molar-refractivity contribution in [3.05, 3.63) is 29.8 Å². The maximum atomic E-state index is 5.41. The zero-order chi connectivity index (χ0) is 12.3. The molecule has 1 aromatic carbocycles. The van der Waals surface area contributed by atoms with Gasteiger partial charge in [-0.05, 0) is 19.4 Å². The zero-order valence-electron chi connectivity index (χ0n) is 10.8. The first-order chi connectivity index (χ1) is 8.20.